The number of hydrogen-bond acceptors (Lipinski definition) is 5. The third-order valence-electron chi connectivity index (χ3n) is 6.08. The van der Waals surface area contributed by atoms with E-state index in [0.717, 1.165) is 50.9 Å². The van der Waals surface area contributed by atoms with Gasteiger partial charge in [-0.3, -0.25) is 4.90 Å². The lowest BCUT2D eigenvalue weighted by atomic mass is 9.80. The number of nitrogens with one attached hydrogen (secondary N) is 2. The maximum absolute atomic E-state index is 10.8. The van der Waals surface area contributed by atoms with Crippen LogP contribution in [0.3, 0.4) is 0 Å². The van der Waals surface area contributed by atoms with Crippen molar-refractivity contribution in [2.45, 2.75) is 57.1 Å². The lowest BCUT2D eigenvalue weighted by Crippen LogP contribution is -2.60. The lowest BCUT2D eigenvalue weighted by Gasteiger charge is -2.48. The van der Waals surface area contributed by atoms with Crippen LogP contribution < -0.4 is 10.6 Å². The number of hydrogen-bond donors (Lipinski definition) is 3. The Balaban J connectivity index is 1.66. The van der Waals surface area contributed by atoms with Gasteiger partial charge in [0.25, 0.3) is 0 Å². The molecule has 0 amide bonds. The van der Waals surface area contributed by atoms with E-state index in [-0.39, 0.29) is 5.54 Å². The molecule has 2 aliphatic rings. The number of ether oxygens (including phenoxy) is 1. The second-order valence-electron chi connectivity index (χ2n) is 8.22. The van der Waals surface area contributed by atoms with E-state index >= 15 is 0 Å². The molecule has 3 N–H and O–H groups in total. The first-order chi connectivity index (χ1) is 13.6. The van der Waals surface area contributed by atoms with E-state index in [1.54, 1.807) is 11.3 Å². The Labute approximate surface area is 173 Å². The molecule has 0 radical (unpaired) electrons. The van der Waals surface area contributed by atoms with Crippen molar-refractivity contribution in [3.8, 4) is 0 Å². The minimum Gasteiger partial charge on any atom is -0.383 e. The summed E-state index contributed by atoms with van der Waals surface area (Å²) >= 11 is 1.60. The molecule has 28 heavy (non-hydrogen) atoms. The van der Waals surface area contributed by atoms with Crippen LogP contribution in [0.15, 0.2) is 21.8 Å². The molecule has 3 rings (SSSR count). The molecule has 1 aliphatic carbocycles. The topological polar surface area (TPSA) is 69.1 Å². The summed E-state index contributed by atoms with van der Waals surface area (Å²) in [7, 11) is 0. The average Bonchev–Trinajstić information content (AvgIpc) is 3.27. The molecular formula is C21H36N4O2S. The first kappa shape index (κ1) is 21.6. The number of nitrogens with zero attached hydrogens (tertiary/aromatic N) is 2. The minimum absolute atomic E-state index is 0.189. The molecule has 1 saturated heterocycles. The highest BCUT2D eigenvalue weighted by atomic mass is 32.1. The molecule has 1 unspecified atom stereocenters. The van der Waals surface area contributed by atoms with E-state index in [9.17, 15) is 5.11 Å². The van der Waals surface area contributed by atoms with Crippen molar-refractivity contribution in [1.82, 2.24) is 15.5 Å². The average molecular weight is 409 g/mol. The fourth-order valence-corrected chi connectivity index (χ4v) is 5.12. The van der Waals surface area contributed by atoms with Crippen molar-refractivity contribution in [3.05, 3.63) is 22.4 Å². The number of thiophene rings is 1. The minimum atomic E-state index is -0.949. The number of guanidine groups is 1. The summed E-state index contributed by atoms with van der Waals surface area (Å²) in [6.07, 6.45) is 6.38. The van der Waals surface area contributed by atoms with Crippen LogP contribution in [0.5, 0.6) is 0 Å². The predicted molar refractivity (Wildman–Crippen MR) is 116 cm³/mol. The van der Waals surface area contributed by atoms with E-state index in [4.69, 9.17) is 9.73 Å². The monoisotopic (exact) mass is 408 g/mol. The van der Waals surface area contributed by atoms with Gasteiger partial charge in [-0.25, -0.2) is 4.99 Å². The maximum atomic E-state index is 10.8. The third kappa shape index (κ3) is 5.47. The molecule has 0 spiro atoms. The highest BCUT2D eigenvalue weighted by Crippen LogP contribution is 2.34. The quantitative estimate of drug-likeness (QED) is 0.478. The van der Waals surface area contributed by atoms with E-state index < -0.39 is 5.60 Å². The zero-order valence-electron chi connectivity index (χ0n) is 17.4. The molecule has 6 nitrogen and oxygen atoms in total. The zero-order valence-corrected chi connectivity index (χ0v) is 18.2. The van der Waals surface area contributed by atoms with E-state index in [0.29, 0.717) is 6.54 Å². The zero-order chi connectivity index (χ0) is 19.9. The lowest BCUT2D eigenvalue weighted by molar-refractivity contribution is -0.0352. The van der Waals surface area contributed by atoms with Crippen LogP contribution >= 0.6 is 11.3 Å². The van der Waals surface area contributed by atoms with Gasteiger partial charge < -0.3 is 20.5 Å². The van der Waals surface area contributed by atoms with Crippen LogP contribution in [0.4, 0.5) is 0 Å². The summed E-state index contributed by atoms with van der Waals surface area (Å²) in [5.41, 5.74) is 0.164. The first-order valence-corrected chi connectivity index (χ1v) is 11.6. The molecule has 1 atom stereocenters. The van der Waals surface area contributed by atoms with E-state index in [2.05, 4.69) is 22.5 Å². The highest BCUT2D eigenvalue weighted by Gasteiger charge is 2.38. The van der Waals surface area contributed by atoms with Gasteiger partial charge >= 0.3 is 0 Å². The van der Waals surface area contributed by atoms with Crippen LogP contribution in [0.25, 0.3) is 0 Å². The van der Waals surface area contributed by atoms with Gasteiger partial charge in [-0.15, -0.1) is 0 Å². The summed E-state index contributed by atoms with van der Waals surface area (Å²) in [5.74, 6) is 0.788. The molecule has 158 valence electrons. The van der Waals surface area contributed by atoms with Crippen LogP contribution in [0.2, 0.25) is 0 Å². The molecule has 7 heteroatoms. The molecular weight excluding hydrogens is 372 g/mol. The van der Waals surface area contributed by atoms with Gasteiger partial charge in [0.15, 0.2) is 5.96 Å². The first-order valence-electron chi connectivity index (χ1n) is 10.7. The Morgan fingerprint density at radius 1 is 1.29 bits per heavy atom. The van der Waals surface area contributed by atoms with E-state index in [1.165, 1.54) is 32.1 Å². The van der Waals surface area contributed by atoms with E-state index in [1.807, 2.05) is 23.8 Å². The number of morpholine rings is 1. The van der Waals surface area contributed by atoms with Gasteiger partial charge in [0, 0.05) is 31.7 Å². The summed E-state index contributed by atoms with van der Waals surface area (Å²) in [5, 5.41) is 21.7. The molecule has 1 aromatic heterocycles. The molecule has 1 aliphatic heterocycles. The third-order valence-corrected chi connectivity index (χ3v) is 6.77. The van der Waals surface area contributed by atoms with Crippen LogP contribution in [0.1, 0.15) is 51.5 Å². The van der Waals surface area contributed by atoms with Crippen molar-refractivity contribution in [3.63, 3.8) is 0 Å². The second-order valence-corrected chi connectivity index (χ2v) is 9.00. The van der Waals surface area contributed by atoms with Gasteiger partial charge in [0.05, 0.1) is 19.8 Å². The Morgan fingerprint density at radius 2 is 2.04 bits per heavy atom. The fourth-order valence-electron chi connectivity index (χ4n) is 4.34. The Hall–Kier alpha value is -1.15. The molecule has 1 aromatic rings. The van der Waals surface area contributed by atoms with Crippen LogP contribution in [0, 0.1) is 0 Å². The largest absolute Gasteiger partial charge is 0.383 e. The molecule has 0 bridgehead atoms. The number of aliphatic imine (C=N–C) groups is 1. The number of rotatable bonds is 7. The van der Waals surface area contributed by atoms with Gasteiger partial charge in [-0.05, 0) is 49.1 Å². The second kappa shape index (κ2) is 10.1. The van der Waals surface area contributed by atoms with Gasteiger partial charge in [0.2, 0.25) is 0 Å². The standard InChI is InChI=1S/C21H36N4O2S/c1-3-22-19(23-16-20(2,26)18-7-14-28-15-18)24-17-21(8-5-4-6-9-21)25-10-12-27-13-11-25/h7,14-15,26H,3-6,8-13,16-17H2,1-2H3,(H2,22,23,24). The summed E-state index contributed by atoms with van der Waals surface area (Å²) in [6, 6.07) is 1.97. The van der Waals surface area contributed by atoms with Crippen LogP contribution in [-0.4, -0.2) is 67.4 Å². The Bertz CT molecular complexity index is 606. The van der Waals surface area contributed by atoms with Crippen molar-refractivity contribution < 1.29 is 9.84 Å². The van der Waals surface area contributed by atoms with Crippen molar-refractivity contribution >= 4 is 17.3 Å². The highest BCUT2D eigenvalue weighted by molar-refractivity contribution is 7.08. The number of aliphatic hydroxyl groups is 1. The molecule has 0 aromatic carbocycles. The summed E-state index contributed by atoms with van der Waals surface area (Å²) in [4.78, 5) is 7.34. The van der Waals surface area contributed by atoms with Crippen molar-refractivity contribution in [2.24, 2.45) is 4.99 Å². The van der Waals surface area contributed by atoms with Crippen molar-refractivity contribution in [1.29, 1.82) is 0 Å². The molecule has 2 heterocycles. The Morgan fingerprint density at radius 3 is 2.68 bits per heavy atom. The summed E-state index contributed by atoms with van der Waals surface area (Å²) in [6.45, 7) is 9.63. The van der Waals surface area contributed by atoms with Gasteiger partial charge in [-0.1, -0.05) is 19.3 Å². The van der Waals surface area contributed by atoms with Gasteiger partial charge in [0.1, 0.15) is 5.60 Å². The SMILES string of the molecule is CCNC(=NCC(C)(O)c1ccsc1)NCC1(N2CCOCC2)CCCCC1. The predicted octanol–water partition coefficient (Wildman–Crippen LogP) is 2.55. The van der Waals surface area contributed by atoms with Crippen molar-refractivity contribution in [2.75, 3.05) is 45.9 Å². The molecule has 1 saturated carbocycles. The fraction of sp³-hybridized carbons (Fsp3) is 0.762. The van der Waals surface area contributed by atoms with Crippen LogP contribution in [-0.2, 0) is 10.3 Å². The molecule has 2 fully saturated rings. The summed E-state index contributed by atoms with van der Waals surface area (Å²) < 4.78 is 5.59. The normalized spacial score (nSPS) is 23.2. The maximum Gasteiger partial charge on any atom is 0.191 e. The smallest absolute Gasteiger partial charge is 0.191 e. The van der Waals surface area contributed by atoms with Gasteiger partial charge in [-0.2, -0.15) is 11.3 Å². The Kier molecular flexibility index (Phi) is 7.74.